The highest BCUT2D eigenvalue weighted by atomic mass is 16.5. The van der Waals surface area contributed by atoms with Gasteiger partial charge in [-0.3, -0.25) is 0 Å². The standard InChI is InChI=1S/C16H23NO2/c1-11-8-9-15(12(11)2)17-10-13-6-4-5-7-14(13)16(18)19-3/h4-7,11-12,15,17H,8-10H2,1-3H3. The lowest BCUT2D eigenvalue weighted by Gasteiger charge is -2.20. The summed E-state index contributed by atoms with van der Waals surface area (Å²) in [7, 11) is 1.42. The molecule has 2 rings (SSSR count). The SMILES string of the molecule is COC(=O)c1ccccc1CNC1CCC(C)C1C. The van der Waals surface area contributed by atoms with E-state index in [0.717, 1.165) is 18.0 Å². The summed E-state index contributed by atoms with van der Waals surface area (Å²) in [6.07, 6.45) is 2.51. The van der Waals surface area contributed by atoms with Crippen molar-refractivity contribution < 1.29 is 9.53 Å². The van der Waals surface area contributed by atoms with E-state index in [1.165, 1.54) is 20.0 Å². The number of hydrogen-bond donors (Lipinski definition) is 1. The Morgan fingerprint density at radius 3 is 2.68 bits per heavy atom. The van der Waals surface area contributed by atoms with E-state index in [9.17, 15) is 4.79 Å². The van der Waals surface area contributed by atoms with Crippen LogP contribution in [0.3, 0.4) is 0 Å². The number of hydrogen-bond acceptors (Lipinski definition) is 3. The lowest BCUT2D eigenvalue weighted by atomic mass is 9.97. The predicted octanol–water partition coefficient (Wildman–Crippen LogP) is 3.00. The van der Waals surface area contributed by atoms with Crippen LogP contribution in [0.4, 0.5) is 0 Å². The molecule has 1 N–H and O–H groups in total. The Morgan fingerprint density at radius 2 is 2.05 bits per heavy atom. The molecule has 0 radical (unpaired) electrons. The molecule has 1 aliphatic carbocycles. The van der Waals surface area contributed by atoms with Gasteiger partial charge in [0.1, 0.15) is 0 Å². The number of esters is 1. The maximum atomic E-state index is 11.7. The first-order chi connectivity index (χ1) is 9.13. The van der Waals surface area contributed by atoms with Gasteiger partial charge >= 0.3 is 5.97 Å². The fourth-order valence-electron chi connectivity index (χ4n) is 2.88. The molecule has 0 aliphatic heterocycles. The van der Waals surface area contributed by atoms with Gasteiger partial charge in [-0.2, -0.15) is 0 Å². The Balaban J connectivity index is 2.02. The van der Waals surface area contributed by atoms with Crippen molar-refractivity contribution in [3.8, 4) is 0 Å². The Kier molecular flexibility index (Phi) is 4.59. The molecule has 1 aromatic carbocycles. The van der Waals surface area contributed by atoms with Crippen molar-refractivity contribution in [1.29, 1.82) is 0 Å². The Morgan fingerprint density at radius 1 is 1.32 bits per heavy atom. The van der Waals surface area contributed by atoms with Crippen molar-refractivity contribution in [1.82, 2.24) is 5.32 Å². The number of rotatable bonds is 4. The highest BCUT2D eigenvalue weighted by molar-refractivity contribution is 5.90. The minimum atomic E-state index is -0.259. The van der Waals surface area contributed by atoms with Crippen molar-refractivity contribution in [2.45, 2.75) is 39.3 Å². The molecule has 0 bridgehead atoms. The quantitative estimate of drug-likeness (QED) is 0.847. The number of carbonyl (C=O) groups excluding carboxylic acids is 1. The summed E-state index contributed by atoms with van der Waals surface area (Å²) in [5, 5.41) is 3.59. The fourth-order valence-corrected chi connectivity index (χ4v) is 2.88. The second-order valence-corrected chi connectivity index (χ2v) is 5.55. The van der Waals surface area contributed by atoms with Crippen molar-refractivity contribution in [2.24, 2.45) is 11.8 Å². The summed E-state index contributed by atoms with van der Waals surface area (Å²) < 4.78 is 4.82. The number of nitrogens with one attached hydrogen (secondary N) is 1. The van der Waals surface area contributed by atoms with Crippen LogP contribution in [-0.2, 0) is 11.3 Å². The average Bonchev–Trinajstić information content (AvgIpc) is 2.76. The number of carbonyl (C=O) groups is 1. The van der Waals surface area contributed by atoms with Gasteiger partial charge < -0.3 is 10.1 Å². The summed E-state index contributed by atoms with van der Waals surface area (Å²) in [6.45, 7) is 5.35. The van der Waals surface area contributed by atoms with Gasteiger partial charge in [-0.05, 0) is 36.3 Å². The second-order valence-electron chi connectivity index (χ2n) is 5.55. The van der Waals surface area contributed by atoms with Crippen LogP contribution < -0.4 is 5.32 Å². The lowest BCUT2D eigenvalue weighted by molar-refractivity contribution is 0.0599. The molecular weight excluding hydrogens is 238 g/mol. The molecule has 3 nitrogen and oxygen atoms in total. The molecule has 1 saturated carbocycles. The topological polar surface area (TPSA) is 38.3 Å². The summed E-state index contributed by atoms with van der Waals surface area (Å²) in [5.41, 5.74) is 1.68. The minimum Gasteiger partial charge on any atom is -0.465 e. The zero-order valence-corrected chi connectivity index (χ0v) is 12.0. The van der Waals surface area contributed by atoms with E-state index in [4.69, 9.17) is 4.74 Å². The van der Waals surface area contributed by atoms with Crippen molar-refractivity contribution in [3.05, 3.63) is 35.4 Å². The number of ether oxygens (including phenoxy) is 1. The fraction of sp³-hybridized carbons (Fsp3) is 0.562. The van der Waals surface area contributed by atoms with Crippen LogP contribution >= 0.6 is 0 Å². The van der Waals surface area contributed by atoms with Crippen LogP contribution in [0, 0.1) is 11.8 Å². The highest BCUT2D eigenvalue weighted by Gasteiger charge is 2.29. The molecule has 0 aromatic heterocycles. The maximum absolute atomic E-state index is 11.7. The summed E-state index contributed by atoms with van der Waals surface area (Å²) in [5.74, 6) is 1.23. The number of methoxy groups -OCH3 is 1. The van der Waals surface area contributed by atoms with E-state index in [1.807, 2.05) is 24.3 Å². The van der Waals surface area contributed by atoms with Crippen LogP contribution in [0.15, 0.2) is 24.3 Å². The third-order valence-corrected chi connectivity index (χ3v) is 4.44. The third-order valence-electron chi connectivity index (χ3n) is 4.44. The normalized spacial score (nSPS) is 26.4. The Bertz CT molecular complexity index is 444. The van der Waals surface area contributed by atoms with Gasteiger partial charge in [0.25, 0.3) is 0 Å². The Hall–Kier alpha value is -1.35. The van der Waals surface area contributed by atoms with Gasteiger partial charge in [-0.25, -0.2) is 4.79 Å². The summed E-state index contributed by atoms with van der Waals surface area (Å²) in [6, 6.07) is 8.20. The average molecular weight is 261 g/mol. The lowest BCUT2D eigenvalue weighted by Crippen LogP contribution is -2.32. The predicted molar refractivity (Wildman–Crippen MR) is 76.0 cm³/mol. The zero-order valence-electron chi connectivity index (χ0n) is 12.0. The van der Waals surface area contributed by atoms with Gasteiger partial charge in [0.05, 0.1) is 12.7 Å². The molecule has 0 saturated heterocycles. The van der Waals surface area contributed by atoms with E-state index in [-0.39, 0.29) is 5.97 Å². The molecule has 0 heterocycles. The van der Waals surface area contributed by atoms with Gasteiger partial charge in [0, 0.05) is 12.6 Å². The first-order valence-electron chi connectivity index (χ1n) is 7.03. The van der Waals surface area contributed by atoms with Crippen LogP contribution in [-0.4, -0.2) is 19.1 Å². The minimum absolute atomic E-state index is 0.259. The van der Waals surface area contributed by atoms with E-state index in [0.29, 0.717) is 17.5 Å². The van der Waals surface area contributed by atoms with Gasteiger partial charge in [-0.15, -0.1) is 0 Å². The molecule has 104 valence electrons. The van der Waals surface area contributed by atoms with Crippen LogP contribution in [0.1, 0.15) is 42.6 Å². The Labute approximate surface area is 115 Å². The molecule has 1 aromatic rings. The molecule has 1 fully saturated rings. The summed E-state index contributed by atoms with van der Waals surface area (Å²) in [4.78, 5) is 11.7. The largest absolute Gasteiger partial charge is 0.465 e. The van der Waals surface area contributed by atoms with Crippen LogP contribution in [0.5, 0.6) is 0 Å². The molecule has 19 heavy (non-hydrogen) atoms. The molecule has 0 spiro atoms. The van der Waals surface area contributed by atoms with Gasteiger partial charge in [0.2, 0.25) is 0 Å². The smallest absolute Gasteiger partial charge is 0.338 e. The maximum Gasteiger partial charge on any atom is 0.338 e. The van der Waals surface area contributed by atoms with Crippen molar-refractivity contribution >= 4 is 5.97 Å². The molecule has 0 amide bonds. The number of benzene rings is 1. The molecule has 3 heteroatoms. The highest BCUT2D eigenvalue weighted by Crippen LogP contribution is 2.31. The first-order valence-corrected chi connectivity index (χ1v) is 7.03. The molecule has 3 atom stereocenters. The van der Waals surface area contributed by atoms with Gasteiger partial charge in [-0.1, -0.05) is 32.0 Å². The van der Waals surface area contributed by atoms with Crippen LogP contribution in [0.25, 0.3) is 0 Å². The second kappa shape index (κ2) is 6.20. The molecular formula is C16H23NO2. The van der Waals surface area contributed by atoms with E-state index in [1.54, 1.807) is 0 Å². The zero-order chi connectivity index (χ0) is 13.8. The monoisotopic (exact) mass is 261 g/mol. The van der Waals surface area contributed by atoms with E-state index >= 15 is 0 Å². The van der Waals surface area contributed by atoms with Crippen molar-refractivity contribution in [2.75, 3.05) is 7.11 Å². The third kappa shape index (κ3) is 3.16. The first kappa shape index (κ1) is 14.1. The van der Waals surface area contributed by atoms with Crippen LogP contribution in [0.2, 0.25) is 0 Å². The van der Waals surface area contributed by atoms with E-state index < -0.39 is 0 Å². The van der Waals surface area contributed by atoms with Crippen molar-refractivity contribution in [3.63, 3.8) is 0 Å². The van der Waals surface area contributed by atoms with E-state index in [2.05, 4.69) is 19.2 Å². The molecule has 1 aliphatic rings. The van der Waals surface area contributed by atoms with Gasteiger partial charge in [0.15, 0.2) is 0 Å². The summed E-state index contributed by atoms with van der Waals surface area (Å²) >= 11 is 0. The molecule has 3 unspecified atom stereocenters.